The molecule has 1 aliphatic rings. The van der Waals surface area contributed by atoms with E-state index in [0.29, 0.717) is 16.7 Å². The fourth-order valence-electron chi connectivity index (χ4n) is 1.10. The number of benzene rings is 1. The van der Waals surface area contributed by atoms with Crippen molar-refractivity contribution in [1.82, 2.24) is 0 Å². The summed E-state index contributed by atoms with van der Waals surface area (Å²) in [5, 5.41) is 1.04. The molecular weight excluding hydrogens is 256 g/mol. The maximum absolute atomic E-state index is 5.88. The largest absolute Gasteiger partial charge is 0.492 e. The van der Waals surface area contributed by atoms with E-state index in [4.69, 9.17) is 33.7 Å². The first kappa shape index (κ1) is 12.9. The molecule has 2 nitrogen and oxygen atoms in total. The molecule has 5 heteroatoms. The molecular formula is C10H12Cl3NO. The molecule has 84 valence electrons. The van der Waals surface area contributed by atoms with E-state index in [0.717, 1.165) is 18.6 Å². The maximum Gasteiger partial charge on any atom is 0.120 e. The Hall–Kier alpha value is -0.150. The normalized spacial score (nSPS) is 16.7. The fraction of sp³-hybridized carbons (Fsp3) is 0.400. The number of nitrogens with two attached hydrogens (primary N) is 1. The van der Waals surface area contributed by atoms with E-state index in [1.807, 2.05) is 0 Å². The summed E-state index contributed by atoms with van der Waals surface area (Å²) in [5.74, 6) is 0.719. The van der Waals surface area contributed by atoms with Crippen molar-refractivity contribution in [3.63, 3.8) is 0 Å². The molecule has 0 heterocycles. The third kappa shape index (κ3) is 3.42. The lowest BCUT2D eigenvalue weighted by Crippen LogP contribution is -2.29. The van der Waals surface area contributed by atoms with E-state index in [-0.39, 0.29) is 17.9 Å². The second-order valence-corrected chi connectivity index (χ2v) is 4.54. The minimum Gasteiger partial charge on any atom is -0.492 e. The second kappa shape index (κ2) is 4.79. The van der Waals surface area contributed by atoms with E-state index in [1.54, 1.807) is 18.2 Å². The third-order valence-electron chi connectivity index (χ3n) is 2.31. The molecule has 1 saturated carbocycles. The molecule has 2 rings (SSSR count). The first-order chi connectivity index (χ1) is 6.59. The highest BCUT2D eigenvalue weighted by molar-refractivity contribution is 6.42. The summed E-state index contributed by atoms with van der Waals surface area (Å²) in [4.78, 5) is 0. The van der Waals surface area contributed by atoms with Gasteiger partial charge in [-0.3, -0.25) is 0 Å². The van der Waals surface area contributed by atoms with Crippen LogP contribution in [-0.4, -0.2) is 12.1 Å². The van der Waals surface area contributed by atoms with E-state index >= 15 is 0 Å². The van der Waals surface area contributed by atoms with Gasteiger partial charge in [0.05, 0.1) is 15.6 Å². The van der Waals surface area contributed by atoms with Gasteiger partial charge in [-0.25, -0.2) is 0 Å². The van der Waals surface area contributed by atoms with Crippen LogP contribution >= 0.6 is 35.6 Å². The summed E-state index contributed by atoms with van der Waals surface area (Å²) in [5.41, 5.74) is 5.77. The summed E-state index contributed by atoms with van der Waals surface area (Å²) >= 11 is 11.6. The predicted octanol–water partition coefficient (Wildman–Crippen LogP) is 3.29. The van der Waals surface area contributed by atoms with Crippen molar-refractivity contribution in [2.45, 2.75) is 18.4 Å². The van der Waals surface area contributed by atoms with Crippen LogP contribution in [0.2, 0.25) is 10.0 Å². The lowest BCUT2D eigenvalue weighted by Gasteiger charge is -2.11. The van der Waals surface area contributed by atoms with Gasteiger partial charge in [-0.2, -0.15) is 0 Å². The molecule has 1 aromatic rings. The van der Waals surface area contributed by atoms with Crippen molar-refractivity contribution < 1.29 is 4.74 Å². The van der Waals surface area contributed by atoms with Gasteiger partial charge in [0.25, 0.3) is 0 Å². The van der Waals surface area contributed by atoms with Gasteiger partial charge in [-0.05, 0) is 25.0 Å². The molecule has 0 spiro atoms. The third-order valence-corrected chi connectivity index (χ3v) is 3.05. The van der Waals surface area contributed by atoms with E-state index in [2.05, 4.69) is 0 Å². The molecule has 0 unspecified atom stereocenters. The minimum atomic E-state index is -0.105. The van der Waals surface area contributed by atoms with E-state index in [1.165, 1.54) is 0 Å². The average molecular weight is 269 g/mol. The fourth-order valence-corrected chi connectivity index (χ4v) is 1.39. The van der Waals surface area contributed by atoms with Crippen LogP contribution in [0.4, 0.5) is 0 Å². The zero-order chi connectivity index (χ0) is 10.2. The van der Waals surface area contributed by atoms with Gasteiger partial charge in [0.15, 0.2) is 0 Å². The van der Waals surface area contributed by atoms with Crippen LogP contribution in [-0.2, 0) is 0 Å². The highest BCUT2D eigenvalue weighted by atomic mass is 35.5. The van der Waals surface area contributed by atoms with Gasteiger partial charge in [-0.1, -0.05) is 23.2 Å². The zero-order valence-corrected chi connectivity index (χ0v) is 10.3. The van der Waals surface area contributed by atoms with E-state index < -0.39 is 0 Å². The molecule has 0 atom stereocenters. The van der Waals surface area contributed by atoms with Crippen molar-refractivity contribution in [3.05, 3.63) is 28.2 Å². The molecule has 1 aromatic carbocycles. The molecule has 2 N–H and O–H groups in total. The molecule has 1 fully saturated rings. The molecule has 0 amide bonds. The Labute approximate surface area is 105 Å². The Balaban J connectivity index is 0.00000112. The molecule has 0 bridgehead atoms. The Morgan fingerprint density at radius 2 is 1.93 bits per heavy atom. The van der Waals surface area contributed by atoms with Crippen molar-refractivity contribution in [1.29, 1.82) is 0 Å². The predicted molar refractivity (Wildman–Crippen MR) is 65.4 cm³/mol. The smallest absolute Gasteiger partial charge is 0.120 e. The van der Waals surface area contributed by atoms with Crippen LogP contribution in [0.15, 0.2) is 18.2 Å². The Bertz CT molecular complexity index is 353. The second-order valence-electron chi connectivity index (χ2n) is 3.73. The topological polar surface area (TPSA) is 35.2 Å². The Morgan fingerprint density at radius 3 is 2.47 bits per heavy atom. The van der Waals surface area contributed by atoms with Gasteiger partial charge in [0, 0.05) is 6.07 Å². The van der Waals surface area contributed by atoms with Crippen LogP contribution < -0.4 is 10.5 Å². The van der Waals surface area contributed by atoms with Crippen LogP contribution in [0.3, 0.4) is 0 Å². The monoisotopic (exact) mass is 267 g/mol. The van der Waals surface area contributed by atoms with Crippen LogP contribution in [0, 0.1) is 0 Å². The number of halogens is 3. The first-order valence-corrected chi connectivity index (χ1v) is 5.21. The summed E-state index contributed by atoms with van der Waals surface area (Å²) < 4.78 is 5.50. The van der Waals surface area contributed by atoms with E-state index in [9.17, 15) is 0 Å². The summed E-state index contributed by atoms with van der Waals surface area (Å²) in [7, 11) is 0. The standard InChI is InChI=1S/C10H11Cl2NO.ClH/c11-8-2-1-7(5-9(8)12)14-6-10(13)3-4-10;/h1-2,5H,3-4,6,13H2;1H. The lowest BCUT2D eigenvalue weighted by molar-refractivity contribution is 0.279. The number of hydrogen-bond acceptors (Lipinski definition) is 2. The molecule has 0 aliphatic heterocycles. The van der Waals surface area contributed by atoms with Gasteiger partial charge in [-0.15, -0.1) is 12.4 Å². The zero-order valence-electron chi connectivity index (χ0n) is 8.00. The number of hydrogen-bond donors (Lipinski definition) is 1. The van der Waals surface area contributed by atoms with Crippen LogP contribution in [0.5, 0.6) is 5.75 Å². The maximum atomic E-state index is 5.88. The SMILES string of the molecule is Cl.NC1(COc2ccc(Cl)c(Cl)c2)CC1. The highest BCUT2D eigenvalue weighted by Crippen LogP contribution is 2.33. The minimum absolute atomic E-state index is 0. The summed E-state index contributed by atoms with van der Waals surface area (Å²) in [6.07, 6.45) is 2.07. The molecule has 15 heavy (non-hydrogen) atoms. The van der Waals surface area contributed by atoms with Crippen molar-refractivity contribution in [2.24, 2.45) is 5.73 Å². The van der Waals surface area contributed by atoms with Gasteiger partial charge in [0.1, 0.15) is 12.4 Å². The van der Waals surface area contributed by atoms with Gasteiger partial charge in [0.2, 0.25) is 0 Å². The number of rotatable bonds is 3. The highest BCUT2D eigenvalue weighted by Gasteiger charge is 2.39. The van der Waals surface area contributed by atoms with Crippen LogP contribution in [0.25, 0.3) is 0 Å². The Morgan fingerprint density at radius 1 is 1.27 bits per heavy atom. The molecule has 0 radical (unpaired) electrons. The Kier molecular flexibility index (Phi) is 4.13. The lowest BCUT2D eigenvalue weighted by atomic mass is 10.3. The molecule has 1 aliphatic carbocycles. The first-order valence-electron chi connectivity index (χ1n) is 4.46. The van der Waals surface area contributed by atoms with Crippen LogP contribution in [0.1, 0.15) is 12.8 Å². The van der Waals surface area contributed by atoms with Crippen molar-refractivity contribution >= 4 is 35.6 Å². The van der Waals surface area contributed by atoms with Crippen molar-refractivity contribution in [3.8, 4) is 5.75 Å². The van der Waals surface area contributed by atoms with Gasteiger partial charge < -0.3 is 10.5 Å². The molecule has 0 saturated heterocycles. The summed E-state index contributed by atoms with van der Waals surface area (Å²) in [6.45, 7) is 0.547. The average Bonchev–Trinajstić information content (AvgIpc) is 2.87. The summed E-state index contributed by atoms with van der Waals surface area (Å²) in [6, 6.07) is 5.21. The molecule has 0 aromatic heterocycles. The number of ether oxygens (including phenoxy) is 1. The van der Waals surface area contributed by atoms with Crippen molar-refractivity contribution in [2.75, 3.05) is 6.61 Å². The quantitative estimate of drug-likeness (QED) is 0.913. The van der Waals surface area contributed by atoms with Gasteiger partial charge >= 0.3 is 0 Å².